The summed E-state index contributed by atoms with van der Waals surface area (Å²) in [7, 11) is 1.89. The Morgan fingerprint density at radius 2 is 2.28 bits per heavy atom. The second kappa shape index (κ2) is 4.72. The number of aryl methyl sites for hydroxylation is 2. The van der Waals surface area contributed by atoms with E-state index in [9.17, 15) is 4.79 Å². The molecule has 1 heterocycles. The molecule has 0 unspecified atom stereocenters. The predicted molar refractivity (Wildman–Crippen MR) is 69.5 cm³/mol. The maximum atomic E-state index is 11.8. The highest BCUT2D eigenvalue weighted by atomic mass is 16.2. The van der Waals surface area contributed by atoms with Crippen LogP contribution in [-0.4, -0.2) is 28.8 Å². The number of aromatic nitrogens is 2. The van der Waals surface area contributed by atoms with E-state index in [1.54, 1.807) is 4.68 Å². The highest BCUT2D eigenvalue weighted by Crippen LogP contribution is 2.28. The van der Waals surface area contributed by atoms with Crippen LogP contribution in [0.5, 0.6) is 0 Å². The van der Waals surface area contributed by atoms with Gasteiger partial charge in [-0.3, -0.25) is 9.48 Å². The summed E-state index contributed by atoms with van der Waals surface area (Å²) >= 11 is 0. The van der Waals surface area contributed by atoms with Gasteiger partial charge in [-0.25, -0.2) is 0 Å². The SMILES string of the molecule is Cn1nc2c(c1NC(=O)CNCC1CC1)CCC2. The van der Waals surface area contributed by atoms with Crippen molar-refractivity contribution in [1.29, 1.82) is 0 Å². The lowest BCUT2D eigenvalue weighted by Crippen LogP contribution is -2.30. The Labute approximate surface area is 107 Å². The van der Waals surface area contributed by atoms with Gasteiger partial charge in [0.25, 0.3) is 0 Å². The fourth-order valence-electron chi connectivity index (χ4n) is 2.56. The van der Waals surface area contributed by atoms with Gasteiger partial charge in [0, 0.05) is 12.6 Å². The Bertz CT molecular complexity index is 462. The van der Waals surface area contributed by atoms with E-state index in [2.05, 4.69) is 15.7 Å². The molecule has 0 bridgehead atoms. The van der Waals surface area contributed by atoms with Gasteiger partial charge in [-0.05, 0) is 44.6 Å². The highest BCUT2D eigenvalue weighted by Gasteiger charge is 2.23. The molecule has 1 saturated carbocycles. The van der Waals surface area contributed by atoms with E-state index in [1.165, 1.54) is 18.4 Å². The molecule has 2 aliphatic carbocycles. The molecule has 0 aliphatic heterocycles. The number of hydrogen-bond donors (Lipinski definition) is 2. The summed E-state index contributed by atoms with van der Waals surface area (Å²) in [6, 6.07) is 0. The number of rotatable bonds is 5. The summed E-state index contributed by atoms with van der Waals surface area (Å²) in [4.78, 5) is 11.8. The van der Waals surface area contributed by atoms with E-state index in [0.29, 0.717) is 6.54 Å². The van der Waals surface area contributed by atoms with Crippen molar-refractivity contribution in [3.63, 3.8) is 0 Å². The number of anilines is 1. The van der Waals surface area contributed by atoms with Gasteiger partial charge in [0.15, 0.2) is 0 Å². The lowest BCUT2D eigenvalue weighted by atomic mass is 10.2. The molecule has 2 aliphatic rings. The smallest absolute Gasteiger partial charge is 0.239 e. The zero-order chi connectivity index (χ0) is 12.5. The second-order valence-electron chi connectivity index (χ2n) is 5.37. The summed E-state index contributed by atoms with van der Waals surface area (Å²) in [5.74, 6) is 1.73. The molecule has 0 radical (unpaired) electrons. The zero-order valence-electron chi connectivity index (χ0n) is 10.8. The molecule has 0 atom stereocenters. The summed E-state index contributed by atoms with van der Waals surface area (Å²) < 4.78 is 1.79. The van der Waals surface area contributed by atoms with Gasteiger partial charge < -0.3 is 10.6 Å². The van der Waals surface area contributed by atoms with Crippen LogP contribution in [0.1, 0.15) is 30.5 Å². The van der Waals surface area contributed by atoms with E-state index in [0.717, 1.165) is 43.2 Å². The Kier molecular flexibility index (Phi) is 3.07. The van der Waals surface area contributed by atoms with Crippen LogP contribution in [0.2, 0.25) is 0 Å². The topological polar surface area (TPSA) is 59.0 Å². The molecule has 18 heavy (non-hydrogen) atoms. The highest BCUT2D eigenvalue weighted by molar-refractivity contribution is 5.92. The first kappa shape index (κ1) is 11.7. The lowest BCUT2D eigenvalue weighted by molar-refractivity contribution is -0.115. The first-order chi connectivity index (χ1) is 8.74. The number of amides is 1. The standard InChI is InChI=1S/C13H20N4O/c1-17-13(10-3-2-4-11(10)16-17)15-12(18)8-14-7-9-5-6-9/h9,14H,2-8H2,1H3,(H,15,18). The Morgan fingerprint density at radius 1 is 1.44 bits per heavy atom. The van der Waals surface area contributed by atoms with Gasteiger partial charge in [0.2, 0.25) is 5.91 Å². The van der Waals surface area contributed by atoms with Crippen LogP contribution in [0.25, 0.3) is 0 Å². The molecular weight excluding hydrogens is 228 g/mol. The minimum Gasteiger partial charge on any atom is -0.310 e. The van der Waals surface area contributed by atoms with Gasteiger partial charge in [-0.15, -0.1) is 0 Å². The molecule has 1 fully saturated rings. The number of hydrogen-bond acceptors (Lipinski definition) is 3. The molecule has 2 N–H and O–H groups in total. The number of carbonyl (C=O) groups excluding carboxylic acids is 1. The Balaban J connectivity index is 1.56. The number of fused-ring (bicyclic) bond motifs is 1. The largest absolute Gasteiger partial charge is 0.310 e. The monoisotopic (exact) mass is 248 g/mol. The lowest BCUT2D eigenvalue weighted by Gasteiger charge is -2.08. The molecular formula is C13H20N4O. The molecule has 1 aromatic heterocycles. The molecule has 98 valence electrons. The fraction of sp³-hybridized carbons (Fsp3) is 0.692. The fourth-order valence-corrected chi connectivity index (χ4v) is 2.56. The van der Waals surface area contributed by atoms with E-state index in [1.807, 2.05) is 7.05 Å². The van der Waals surface area contributed by atoms with Gasteiger partial charge in [-0.2, -0.15) is 5.10 Å². The predicted octanol–water partition coefficient (Wildman–Crippen LogP) is 0.847. The normalized spacial score (nSPS) is 17.8. The zero-order valence-corrected chi connectivity index (χ0v) is 10.8. The average molecular weight is 248 g/mol. The van der Waals surface area contributed by atoms with Crippen molar-refractivity contribution in [2.45, 2.75) is 32.1 Å². The van der Waals surface area contributed by atoms with Crippen molar-refractivity contribution < 1.29 is 4.79 Å². The third kappa shape index (κ3) is 2.41. The van der Waals surface area contributed by atoms with Crippen molar-refractivity contribution in [3.8, 4) is 0 Å². The van der Waals surface area contributed by atoms with Gasteiger partial charge in [-0.1, -0.05) is 0 Å². The minimum absolute atomic E-state index is 0.0355. The summed E-state index contributed by atoms with van der Waals surface area (Å²) in [5.41, 5.74) is 2.38. The van der Waals surface area contributed by atoms with Crippen molar-refractivity contribution in [2.75, 3.05) is 18.4 Å². The van der Waals surface area contributed by atoms with Crippen LogP contribution in [-0.2, 0) is 24.7 Å². The molecule has 1 amide bonds. The van der Waals surface area contributed by atoms with E-state index in [4.69, 9.17) is 0 Å². The second-order valence-corrected chi connectivity index (χ2v) is 5.37. The van der Waals surface area contributed by atoms with Gasteiger partial charge in [0.1, 0.15) is 5.82 Å². The van der Waals surface area contributed by atoms with Gasteiger partial charge in [0.05, 0.1) is 12.2 Å². The van der Waals surface area contributed by atoms with Crippen molar-refractivity contribution in [2.24, 2.45) is 13.0 Å². The van der Waals surface area contributed by atoms with E-state index >= 15 is 0 Å². The molecule has 5 heteroatoms. The molecule has 3 rings (SSSR count). The van der Waals surface area contributed by atoms with Crippen LogP contribution >= 0.6 is 0 Å². The maximum absolute atomic E-state index is 11.8. The molecule has 1 aromatic rings. The summed E-state index contributed by atoms with van der Waals surface area (Å²) in [5, 5.41) is 10.6. The molecule has 0 saturated heterocycles. The molecule has 0 aromatic carbocycles. The maximum Gasteiger partial charge on any atom is 0.239 e. The summed E-state index contributed by atoms with van der Waals surface area (Å²) in [6.07, 6.45) is 5.85. The van der Waals surface area contributed by atoms with Crippen LogP contribution in [0.4, 0.5) is 5.82 Å². The van der Waals surface area contributed by atoms with E-state index in [-0.39, 0.29) is 5.91 Å². The Morgan fingerprint density at radius 3 is 3.06 bits per heavy atom. The Hall–Kier alpha value is -1.36. The third-order valence-electron chi connectivity index (χ3n) is 3.74. The van der Waals surface area contributed by atoms with Gasteiger partial charge >= 0.3 is 0 Å². The van der Waals surface area contributed by atoms with Crippen molar-refractivity contribution in [1.82, 2.24) is 15.1 Å². The van der Waals surface area contributed by atoms with Crippen LogP contribution < -0.4 is 10.6 Å². The first-order valence-electron chi connectivity index (χ1n) is 6.79. The number of nitrogens with one attached hydrogen (secondary N) is 2. The summed E-state index contributed by atoms with van der Waals surface area (Å²) in [6.45, 7) is 1.37. The quantitative estimate of drug-likeness (QED) is 0.812. The van der Waals surface area contributed by atoms with E-state index < -0.39 is 0 Å². The van der Waals surface area contributed by atoms with Crippen molar-refractivity contribution >= 4 is 11.7 Å². The number of nitrogens with zero attached hydrogens (tertiary/aromatic N) is 2. The van der Waals surface area contributed by atoms with Crippen LogP contribution in [0, 0.1) is 5.92 Å². The number of carbonyl (C=O) groups is 1. The molecule has 5 nitrogen and oxygen atoms in total. The van der Waals surface area contributed by atoms with Crippen LogP contribution in [0.15, 0.2) is 0 Å². The first-order valence-corrected chi connectivity index (χ1v) is 6.79. The molecule has 0 spiro atoms. The van der Waals surface area contributed by atoms with Crippen LogP contribution in [0.3, 0.4) is 0 Å². The average Bonchev–Trinajstić information content (AvgIpc) is 2.97. The van der Waals surface area contributed by atoms with Crippen molar-refractivity contribution in [3.05, 3.63) is 11.3 Å². The minimum atomic E-state index is 0.0355. The third-order valence-corrected chi connectivity index (χ3v) is 3.74.